The Balaban J connectivity index is 0.912. The number of fused-ring (bicyclic) bond motifs is 6. The van der Waals surface area contributed by atoms with Crippen LogP contribution in [-0.2, 0) is 5.41 Å². The van der Waals surface area contributed by atoms with E-state index in [0.717, 1.165) is 62.3 Å². The Labute approximate surface area is 461 Å². The topological polar surface area (TPSA) is 9.72 Å². The van der Waals surface area contributed by atoms with Gasteiger partial charge in [0.05, 0.1) is 21.5 Å². The lowest BCUT2D eigenvalue weighted by Crippen LogP contribution is -2.28. The molecule has 0 amide bonds. The first-order valence-corrected chi connectivity index (χ1v) is 27.4. The quantitative estimate of drug-likeness (QED) is 0.101. The lowest BCUT2D eigenvalue weighted by molar-refractivity contribution is 0.768. The first-order valence-electron chi connectivity index (χ1n) is 26.6. The Morgan fingerprint density at radius 2 is 0.910 bits per heavy atom. The summed E-state index contributed by atoms with van der Waals surface area (Å²) in [6.45, 7) is 6.03. The van der Waals surface area contributed by atoms with Gasteiger partial charge in [-0.3, -0.25) is 0 Å². The van der Waals surface area contributed by atoms with Gasteiger partial charge < -0.3 is 14.7 Å². The number of thiophene rings is 1. The average Bonchev–Trinajstić information content (AvgIpc) is 4.25. The Bertz CT molecular complexity index is 4130. The molecule has 0 bridgehead atoms. The molecule has 0 saturated heterocycles. The molecular weight excluding hydrogens is 963 g/mol. The second-order valence-corrected chi connectivity index (χ2v) is 20.8. The standard InChI is InChI=1S/C74H55N3S/c1-3-4-10-26-53(2)75(57-31-15-7-16-32-57)70-41-24-22-37-63(70)54-43-45-60(46-44-54)76(58-33-17-8-18-34-58)62-47-49-65-66-39-25-42-71(73(66)78-72(65)52-62)77(59-35-19-9-20-36-59)61-48-50-69-67(51-61)64-38-21-23-40-68(64)74(69,55-27-11-5-12-28-55)56-29-13-6-14-30-56/h3-52H,1H2,2H3/b10-4-,53-26+. The number of anilines is 8. The molecule has 3 nitrogen and oxygen atoms in total. The second kappa shape index (κ2) is 20.8. The number of para-hydroxylation sites is 4. The van der Waals surface area contributed by atoms with Crippen LogP contribution in [0.15, 0.2) is 316 Å². The van der Waals surface area contributed by atoms with Crippen LogP contribution in [0.4, 0.5) is 45.5 Å². The first-order chi connectivity index (χ1) is 38.6. The van der Waals surface area contributed by atoms with Crippen LogP contribution in [0.1, 0.15) is 29.2 Å². The fourth-order valence-corrected chi connectivity index (χ4v) is 13.1. The van der Waals surface area contributed by atoms with Gasteiger partial charge in [-0.15, -0.1) is 11.3 Å². The van der Waals surface area contributed by atoms with Crippen molar-refractivity contribution >= 4 is 77.0 Å². The van der Waals surface area contributed by atoms with Crippen LogP contribution < -0.4 is 14.7 Å². The lowest BCUT2D eigenvalue weighted by atomic mass is 9.68. The van der Waals surface area contributed by atoms with Gasteiger partial charge in [0.2, 0.25) is 0 Å². The molecule has 1 heterocycles. The van der Waals surface area contributed by atoms with Crippen molar-refractivity contribution in [3.63, 3.8) is 0 Å². The summed E-state index contributed by atoms with van der Waals surface area (Å²) in [6.07, 6.45) is 7.94. The van der Waals surface area contributed by atoms with Gasteiger partial charge in [0.25, 0.3) is 0 Å². The molecule has 372 valence electrons. The molecule has 1 aromatic heterocycles. The summed E-state index contributed by atoms with van der Waals surface area (Å²) in [7, 11) is 0. The highest BCUT2D eigenvalue weighted by Gasteiger charge is 2.46. The van der Waals surface area contributed by atoms with Gasteiger partial charge in [0, 0.05) is 60.9 Å². The summed E-state index contributed by atoms with van der Waals surface area (Å²) in [5.74, 6) is 0. The number of hydrogen-bond acceptors (Lipinski definition) is 4. The highest BCUT2D eigenvalue weighted by atomic mass is 32.1. The average molecular weight is 1020 g/mol. The zero-order valence-corrected chi connectivity index (χ0v) is 44.1. The summed E-state index contributed by atoms with van der Waals surface area (Å²) >= 11 is 1.86. The van der Waals surface area contributed by atoms with E-state index in [-0.39, 0.29) is 0 Å². The normalized spacial score (nSPS) is 12.6. The largest absolute Gasteiger partial charge is 0.314 e. The van der Waals surface area contributed by atoms with Crippen molar-refractivity contribution < 1.29 is 0 Å². The number of benzene rings is 11. The van der Waals surface area contributed by atoms with E-state index in [1.807, 2.05) is 23.5 Å². The minimum Gasteiger partial charge on any atom is -0.314 e. The number of hydrogen-bond donors (Lipinski definition) is 0. The maximum atomic E-state index is 3.88. The molecule has 0 saturated carbocycles. The Hall–Kier alpha value is -9.74. The number of rotatable bonds is 14. The van der Waals surface area contributed by atoms with Crippen LogP contribution >= 0.6 is 11.3 Å². The molecule has 0 N–H and O–H groups in total. The molecule has 1 aliphatic rings. The van der Waals surface area contributed by atoms with E-state index in [2.05, 4.69) is 313 Å². The van der Waals surface area contributed by atoms with Crippen molar-refractivity contribution in [1.82, 2.24) is 0 Å². The zero-order chi connectivity index (χ0) is 52.4. The minimum absolute atomic E-state index is 0.473. The maximum absolute atomic E-state index is 3.88. The predicted octanol–water partition coefficient (Wildman–Crippen LogP) is 20.8. The van der Waals surface area contributed by atoms with Gasteiger partial charge in [-0.05, 0) is 137 Å². The van der Waals surface area contributed by atoms with Gasteiger partial charge in [0.15, 0.2) is 0 Å². The smallest absolute Gasteiger partial charge is 0.0713 e. The summed E-state index contributed by atoms with van der Waals surface area (Å²) in [4.78, 5) is 7.16. The van der Waals surface area contributed by atoms with E-state index in [1.165, 1.54) is 53.6 Å². The van der Waals surface area contributed by atoms with E-state index in [9.17, 15) is 0 Å². The number of allylic oxidation sites excluding steroid dienone is 5. The third-order valence-electron chi connectivity index (χ3n) is 15.2. The highest BCUT2D eigenvalue weighted by Crippen LogP contribution is 2.58. The van der Waals surface area contributed by atoms with Crippen LogP contribution in [0.25, 0.3) is 42.4 Å². The highest BCUT2D eigenvalue weighted by molar-refractivity contribution is 7.26. The van der Waals surface area contributed by atoms with E-state index >= 15 is 0 Å². The van der Waals surface area contributed by atoms with E-state index in [4.69, 9.17) is 0 Å². The minimum atomic E-state index is -0.473. The Kier molecular flexibility index (Phi) is 12.8. The van der Waals surface area contributed by atoms with Crippen LogP contribution in [-0.4, -0.2) is 0 Å². The number of nitrogens with zero attached hydrogens (tertiary/aromatic N) is 3. The zero-order valence-electron chi connectivity index (χ0n) is 43.3. The molecule has 0 unspecified atom stereocenters. The SMILES string of the molecule is C=C/C=C\C=C(/C)N(c1ccccc1)c1ccccc1-c1ccc(N(c2ccccc2)c2ccc3c(c2)sc2c(N(c4ccccc4)c4ccc5c(c4)-c4ccccc4C5(c4ccccc4)c4ccccc4)cccc23)cc1. The van der Waals surface area contributed by atoms with Crippen LogP contribution in [0.5, 0.6) is 0 Å². The Morgan fingerprint density at radius 1 is 0.397 bits per heavy atom. The van der Waals surface area contributed by atoms with Gasteiger partial charge in [-0.25, -0.2) is 0 Å². The van der Waals surface area contributed by atoms with Gasteiger partial charge in [0.1, 0.15) is 0 Å². The van der Waals surface area contributed by atoms with Gasteiger partial charge in [-0.2, -0.15) is 0 Å². The molecule has 4 heteroatoms. The summed E-state index contributed by atoms with van der Waals surface area (Å²) in [6, 6.07) is 102. The Morgan fingerprint density at radius 3 is 1.58 bits per heavy atom. The molecule has 0 spiro atoms. The molecule has 78 heavy (non-hydrogen) atoms. The molecule has 13 rings (SSSR count). The first kappa shape index (κ1) is 47.9. The van der Waals surface area contributed by atoms with Crippen LogP contribution in [0, 0.1) is 0 Å². The van der Waals surface area contributed by atoms with Gasteiger partial charge >= 0.3 is 0 Å². The summed E-state index contributed by atoms with van der Waals surface area (Å²) in [5.41, 5.74) is 19.3. The van der Waals surface area contributed by atoms with Crippen molar-refractivity contribution in [2.24, 2.45) is 0 Å². The molecule has 0 aliphatic heterocycles. The van der Waals surface area contributed by atoms with Crippen LogP contribution in [0.3, 0.4) is 0 Å². The summed E-state index contributed by atoms with van der Waals surface area (Å²) in [5, 5.41) is 2.47. The molecular formula is C74H55N3S. The maximum Gasteiger partial charge on any atom is 0.0713 e. The van der Waals surface area contributed by atoms with Crippen LogP contribution in [0.2, 0.25) is 0 Å². The van der Waals surface area contributed by atoms with Crippen molar-refractivity contribution in [2.45, 2.75) is 12.3 Å². The van der Waals surface area contributed by atoms with Crippen molar-refractivity contribution in [2.75, 3.05) is 14.7 Å². The van der Waals surface area contributed by atoms with Crippen molar-refractivity contribution in [3.8, 4) is 22.3 Å². The fraction of sp³-hybridized carbons (Fsp3) is 0.0270. The third kappa shape index (κ3) is 8.40. The second-order valence-electron chi connectivity index (χ2n) is 19.7. The van der Waals surface area contributed by atoms with Gasteiger partial charge in [-0.1, -0.05) is 219 Å². The molecule has 0 radical (unpaired) electrons. The molecule has 0 atom stereocenters. The predicted molar refractivity (Wildman–Crippen MR) is 333 cm³/mol. The lowest BCUT2D eigenvalue weighted by Gasteiger charge is -2.34. The molecule has 11 aromatic carbocycles. The van der Waals surface area contributed by atoms with E-state index in [0.29, 0.717) is 0 Å². The van der Waals surface area contributed by atoms with Crippen molar-refractivity contribution in [1.29, 1.82) is 0 Å². The van der Waals surface area contributed by atoms with E-state index in [1.54, 1.807) is 6.08 Å². The van der Waals surface area contributed by atoms with E-state index < -0.39 is 5.41 Å². The van der Waals surface area contributed by atoms with Crippen molar-refractivity contribution in [3.05, 3.63) is 338 Å². The fourth-order valence-electron chi connectivity index (χ4n) is 11.9. The monoisotopic (exact) mass is 1020 g/mol. The molecule has 1 aliphatic carbocycles. The third-order valence-corrected chi connectivity index (χ3v) is 16.4. The summed E-state index contributed by atoms with van der Waals surface area (Å²) < 4.78 is 2.46. The molecule has 12 aromatic rings. The molecule has 0 fully saturated rings.